The summed E-state index contributed by atoms with van der Waals surface area (Å²) in [5, 5.41) is 3.17. The van der Waals surface area contributed by atoms with Crippen LogP contribution in [0, 0.1) is 6.92 Å². The van der Waals surface area contributed by atoms with E-state index in [1.165, 1.54) is 5.56 Å². The van der Waals surface area contributed by atoms with Crippen LogP contribution in [0.5, 0.6) is 0 Å². The molecule has 0 radical (unpaired) electrons. The van der Waals surface area contributed by atoms with Crippen molar-refractivity contribution in [3.8, 4) is 0 Å². The highest BCUT2D eigenvalue weighted by molar-refractivity contribution is 5.60. The van der Waals surface area contributed by atoms with Crippen molar-refractivity contribution in [2.24, 2.45) is 0 Å². The third kappa shape index (κ3) is 2.77. The van der Waals surface area contributed by atoms with Crippen LogP contribution in [0.4, 0.5) is 17.3 Å². The lowest BCUT2D eigenvalue weighted by Gasteiger charge is -2.19. The first-order valence-corrected chi connectivity index (χ1v) is 6.07. The number of nitrogens with zero attached hydrogens (tertiary/aromatic N) is 3. The molecule has 0 aliphatic carbocycles. The first-order valence-electron chi connectivity index (χ1n) is 6.07. The van der Waals surface area contributed by atoms with Crippen molar-refractivity contribution in [3.63, 3.8) is 0 Å². The topological polar surface area (TPSA) is 41.1 Å². The highest BCUT2D eigenvalue weighted by atomic mass is 15.2. The first kappa shape index (κ1) is 12.4. The molecule has 18 heavy (non-hydrogen) atoms. The van der Waals surface area contributed by atoms with E-state index >= 15 is 0 Å². The molecule has 4 heteroatoms. The van der Waals surface area contributed by atoms with Gasteiger partial charge in [0.1, 0.15) is 5.82 Å². The molecule has 0 saturated heterocycles. The summed E-state index contributed by atoms with van der Waals surface area (Å²) in [7, 11) is 1.99. The Morgan fingerprint density at radius 3 is 2.83 bits per heavy atom. The average Bonchev–Trinajstić information content (AvgIpc) is 2.39. The zero-order chi connectivity index (χ0) is 13.0. The Morgan fingerprint density at radius 1 is 1.28 bits per heavy atom. The van der Waals surface area contributed by atoms with Crippen molar-refractivity contribution in [3.05, 3.63) is 42.2 Å². The molecule has 2 rings (SSSR count). The second-order valence-corrected chi connectivity index (χ2v) is 4.19. The van der Waals surface area contributed by atoms with Gasteiger partial charge in [-0.25, -0.2) is 4.98 Å². The highest BCUT2D eigenvalue weighted by Gasteiger charge is 2.06. The van der Waals surface area contributed by atoms with Gasteiger partial charge >= 0.3 is 0 Å². The lowest BCUT2D eigenvalue weighted by Crippen LogP contribution is -2.12. The molecule has 0 unspecified atom stereocenters. The Labute approximate surface area is 108 Å². The molecule has 1 aromatic heterocycles. The molecule has 94 valence electrons. The molecule has 0 saturated carbocycles. The van der Waals surface area contributed by atoms with E-state index in [0.29, 0.717) is 0 Å². The fourth-order valence-corrected chi connectivity index (χ4v) is 1.75. The normalized spacial score (nSPS) is 10.2. The summed E-state index contributed by atoms with van der Waals surface area (Å²) in [5.41, 5.74) is 2.34. The van der Waals surface area contributed by atoms with Gasteiger partial charge in [-0.2, -0.15) is 0 Å². The van der Waals surface area contributed by atoms with Gasteiger partial charge in [0.05, 0.1) is 12.4 Å². The number of rotatable bonds is 4. The summed E-state index contributed by atoms with van der Waals surface area (Å²) >= 11 is 0. The van der Waals surface area contributed by atoms with E-state index in [4.69, 9.17) is 0 Å². The molecule has 0 spiro atoms. The fourth-order valence-electron chi connectivity index (χ4n) is 1.75. The summed E-state index contributed by atoms with van der Waals surface area (Å²) in [4.78, 5) is 10.8. The molecule has 1 aromatic carbocycles. The minimum atomic E-state index is 0.800. The van der Waals surface area contributed by atoms with Gasteiger partial charge in [-0.05, 0) is 31.5 Å². The SMILES string of the molecule is CCNc1cncc(N(C)c2cccc(C)c2)n1. The summed E-state index contributed by atoms with van der Waals surface area (Å²) in [5.74, 6) is 1.63. The lowest BCUT2D eigenvalue weighted by molar-refractivity contribution is 1.06. The second-order valence-electron chi connectivity index (χ2n) is 4.19. The van der Waals surface area contributed by atoms with Crippen LogP contribution in [0.3, 0.4) is 0 Å². The Balaban J connectivity index is 2.27. The van der Waals surface area contributed by atoms with E-state index in [1.54, 1.807) is 12.4 Å². The molecule has 0 atom stereocenters. The molecular formula is C14H18N4. The quantitative estimate of drug-likeness (QED) is 0.895. The van der Waals surface area contributed by atoms with Crippen LogP contribution >= 0.6 is 0 Å². The van der Waals surface area contributed by atoms with Gasteiger partial charge in [-0.3, -0.25) is 4.98 Å². The molecule has 0 fully saturated rings. The number of hydrogen-bond acceptors (Lipinski definition) is 4. The van der Waals surface area contributed by atoms with Crippen LogP contribution < -0.4 is 10.2 Å². The summed E-state index contributed by atoms with van der Waals surface area (Å²) in [6.07, 6.45) is 3.50. The second kappa shape index (κ2) is 5.49. The van der Waals surface area contributed by atoms with Gasteiger partial charge in [0.25, 0.3) is 0 Å². The molecule has 0 bridgehead atoms. The largest absolute Gasteiger partial charge is 0.369 e. The van der Waals surface area contributed by atoms with Gasteiger partial charge in [0.15, 0.2) is 5.82 Å². The molecular weight excluding hydrogens is 224 g/mol. The van der Waals surface area contributed by atoms with Gasteiger partial charge < -0.3 is 10.2 Å². The molecule has 0 aliphatic rings. The number of hydrogen-bond donors (Lipinski definition) is 1. The van der Waals surface area contributed by atoms with Crippen molar-refractivity contribution < 1.29 is 0 Å². The zero-order valence-electron chi connectivity index (χ0n) is 11.0. The van der Waals surface area contributed by atoms with Gasteiger partial charge in [0, 0.05) is 19.3 Å². The lowest BCUT2D eigenvalue weighted by atomic mass is 10.2. The van der Waals surface area contributed by atoms with Crippen LogP contribution in [0.25, 0.3) is 0 Å². The predicted molar refractivity (Wildman–Crippen MR) is 75.4 cm³/mol. The van der Waals surface area contributed by atoms with Crippen LogP contribution in [0.1, 0.15) is 12.5 Å². The van der Waals surface area contributed by atoms with Crippen LogP contribution in [-0.4, -0.2) is 23.6 Å². The van der Waals surface area contributed by atoms with E-state index in [-0.39, 0.29) is 0 Å². The molecule has 0 aliphatic heterocycles. The Hall–Kier alpha value is -2.10. The number of aromatic nitrogens is 2. The van der Waals surface area contributed by atoms with E-state index in [0.717, 1.165) is 23.9 Å². The third-order valence-electron chi connectivity index (χ3n) is 2.71. The van der Waals surface area contributed by atoms with E-state index in [1.807, 2.05) is 24.9 Å². The van der Waals surface area contributed by atoms with Crippen molar-refractivity contribution >= 4 is 17.3 Å². The van der Waals surface area contributed by atoms with E-state index < -0.39 is 0 Å². The summed E-state index contributed by atoms with van der Waals surface area (Å²) < 4.78 is 0. The number of aryl methyl sites for hydroxylation is 1. The molecule has 0 amide bonds. The zero-order valence-corrected chi connectivity index (χ0v) is 11.0. The Kier molecular flexibility index (Phi) is 3.77. The predicted octanol–water partition coefficient (Wildman–Crippen LogP) is 2.98. The standard InChI is InChI=1S/C14H18N4/c1-4-16-13-9-15-10-14(17-13)18(3)12-7-5-6-11(2)8-12/h5-10H,4H2,1-3H3,(H,16,17). The molecule has 2 aromatic rings. The number of benzene rings is 1. The van der Waals surface area contributed by atoms with Crippen molar-refractivity contribution in [1.29, 1.82) is 0 Å². The first-order chi connectivity index (χ1) is 8.70. The van der Waals surface area contributed by atoms with Gasteiger partial charge in [-0.1, -0.05) is 12.1 Å². The number of anilines is 3. The van der Waals surface area contributed by atoms with E-state index in [9.17, 15) is 0 Å². The maximum atomic E-state index is 4.52. The Bertz CT molecular complexity index is 525. The molecule has 1 heterocycles. The maximum Gasteiger partial charge on any atom is 0.153 e. The maximum absolute atomic E-state index is 4.52. The summed E-state index contributed by atoms with van der Waals surface area (Å²) in [6.45, 7) is 4.96. The smallest absolute Gasteiger partial charge is 0.153 e. The van der Waals surface area contributed by atoms with Gasteiger partial charge in [0.2, 0.25) is 0 Å². The molecule has 4 nitrogen and oxygen atoms in total. The van der Waals surface area contributed by atoms with E-state index in [2.05, 4.69) is 40.4 Å². The van der Waals surface area contributed by atoms with Crippen molar-refractivity contribution in [2.75, 3.05) is 23.8 Å². The van der Waals surface area contributed by atoms with Gasteiger partial charge in [-0.15, -0.1) is 0 Å². The minimum Gasteiger partial charge on any atom is -0.369 e. The summed E-state index contributed by atoms with van der Waals surface area (Å²) in [6, 6.07) is 8.32. The average molecular weight is 242 g/mol. The minimum absolute atomic E-state index is 0.800. The van der Waals surface area contributed by atoms with Crippen LogP contribution in [-0.2, 0) is 0 Å². The monoisotopic (exact) mass is 242 g/mol. The third-order valence-corrected chi connectivity index (χ3v) is 2.71. The van der Waals surface area contributed by atoms with Crippen LogP contribution in [0.15, 0.2) is 36.7 Å². The number of nitrogens with one attached hydrogen (secondary N) is 1. The molecule has 1 N–H and O–H groups in total. The van der Waals surface area contributed by atoms with Crippen molar-refractivity contribution in [2.45, 2.75) is 13.8 Å². The highest BCUT2D eigenvalue weighted by Crippen LogP contribution is 2.22. The fraction of sp³-hybridized carbons (Fsp3) is 0.286. The Morgan fingerprint density at radius 2 is 2.11 bits per heavy atom. The van der Waals surface area contributed by atoms with Crippen LogP contribution in [0.2, 0.25) is 0 Å². The van der Waals surface area contributed by atoms with Crippen molar-refractivity contribution in [1.82, 2.24) is 9.97 Å².